The summed E-state index contributed by atoms with van der Waals surface area (Å²) < 4.78 is 5.46. The zero-order valence-electron chi connectivity index (χ0n) is 12.2. The van der Waals surface area contributed by atoms with Gasteiger partial charge in [0.05, 0.1) is 19.3 Å². The molecule has 112 valence electrons. The summed E-state index contributed by atoms with van der Waals surface area (Å²) >= 11 is 6.12. The van der Waals surface area contributed by atoms with Crippen molar-refractivity contribution in [1.82, 2.24) is 10.3 Å². The molecule has 1 fully saturated rings. The molecule has 0 radical (unpaired) electrons. The van der Waals surface area contributed by atoms with Gasteiger partial charge in [-0.1, -0.05) is 30.7 Å². The van der Waals surface area contributed by atoms with E-state index in [4.69, 9.17) is 22.2 Å². The third-order valence-corrected chi connectivity index (χ3v) is 4.65. The number of nitrogens with two attached hydrogens (primary N) is 1. The van der Waals surface area contributed by atoms with E-state index in [0.717, 1.165) is 43.3 Å². The molecule has 2 unspecified atom stereocenters. The first-order valence-corrected chi connectivity index (χ1v) is 7.54. The topological polar surface area (TPSA) is 50.5 Å². The predicted molar refractivity (Wildman–Crippen MR) is 82.6 cm³/mol. The Balaban J connectivity index is 2.30. The van der Waals surface area contributed by atoms with Crippen molar-refractivity contribution in [3.05, 3.63) is 34.9 Å². The van der Waals surface area contributed by atoms with Crippen LogP contribution in [0.1, 0.15) is 31.9 Å². The van der Waals surface area contributed by atoms with Gasteiger partial charge in [-0.2, -0.15) is 0 Å². The van der Waals surface area contributed by atoms with Crippen molar-refractivity contribution in [1.29, 1.82) is 0 Å². The van der Waals surface area contributed by atoms with Gasteiger partial charge in [-0.25, -0.2) is 0 Å². The van der Waals surface area contributed by atoms with Crippen molar-refractivity contribution >= 4 is 11.6 Å². The first kappa shape index (κ1) is 15.7. The van der Waals surface area contributed by atoms with Gasteiger partial charge in [-0.3, -0.25) is 16.2 Å². The maximum atomic E-state index is 6.12. The molecule has 1 saturated heterocycles. The van der Waals surface area contributed by atoms with Crippen molar-refractivity contribution < 1.29 is 4.74 Å². The molecular weight excluding hydrogens is 274 g/mol. The number of morpholine rings is 1. The Hall–Kier alpha value is -0.650. The van der Waals surface area contributed by atoms with Gasteiger partial charge in [-0.05, 0) is 31.0 Å². The highest BCUT2D eigenvalue weighted by Gasteiger charge is 2.39. The van der Waals surface area contributed by atoms with E-state index in [1.807, 2.05) is 18.2 Å². The normalized spacial score (nSPS) is 21.4. The van der Waals surface area contributed by atoms with E-state index < -0.39 is 0 Å². The van der Waals surface area contributed by atoms with Gasteiger partial charge < -0.3 is 4.74 Å². The van der Waals surface area contributed by atoms with Crippen LogP contribution in [0.15, 0.2) is 24.3 Å². The Morgan fingerprint density at radius 3 is 2.70 bits per heavy atom. The van der Waals surface area contributed by atoms with Crippen molar-refractivity contribution in [2.75, 3.05) is 26.3 Å². The van der Waals surface area contributed by atoms with E-state index in [-0.39, 0.29) is 11.6 Å². The fourth-order valence-electron chi connectivity index (χ4n) is 3.01. The third-order valence-electron chi connectivity index (χ3n) is 4.42. The van der Waals surface area contributed by atoms with Crippen LogP contribution in [0.25, 0.3) is 0 Å². The quantitative estimate of drug-likeness (QED) is 0.647. The Morgan fingerprint density at radius 1 is 1.45 bits per heavy atom. The maximum Gasteiger partial charge on any atom is 0.0641 e. The number of hydrazine groups is 1. The second-order valence-electron chi connectivity index (χ2n) is 5.46. The Bertz CT molecular complexity index is 437. The molecule has 0 aliphatic carbocycles. The van der Waals surface area contributed by atoms with Crippen LogP contribution < -0.4 is 11.3 Å². The van der Waals surface area contributed by atoms with Crippen LogP contribution in [0, 0.1) is 0 Å². The smallest absolute Gasteiger partial charge is 0.0641 e. The fourth-order valence-corrected chi connectivity index (χ4v) is 3.20. The minimum absolute atomic E-state index is 0.0318. The van der Waals surface area contributed by atoms with Gasteiger partial charge in [0.2, 0.25) is 0 Å². The van der Waals surface area contributed by atoms with Gasteiger partial charge >= 0.3 is 0 Å². The highest BCUT2D eigenvalue weighted by atomic mass is 35.5. The molecule has 4 nitrogen and oxygen atoms in total. The number of nitrogens with zero attached hydrogens (tertiary/aromatic N) is 1. The number of benzene rings is 1. The molecule has 0 bridgehead atoms. The Morgan fingerprint density at radius 2 is 2.15 bits per heavy atom. The van der Waals surface area contributed by atoms with Crippen molar-refractivity contribution in [2.24, 2.45) is 5.84 Å². The van der Waals surface area contributed by atoms with E-state index in [1.165, 1.54) is 0 Å². The summed E-state index contributed by atoms with van der Waals surface area (Å²) in [5, 5.41) is 0.739. The lowest BCUT2D eigenvalue weighted by atomic mass is 9.83. The van der Waals surface area contributed by atoms with E-state index >= 15 is 0 Å². The standard InChI is InChI=1S/C15H24ClN3O/c1-3-15(2,19-7-9-20-10-8-19)14(18-17)12-5-4-6-13(16)11-12/h4-6,11,14,18H,3,7-10,17H2,1-2H3. The van der Waals surface area contributed by atoms with Crippen molar-refractivity contribution in [3.8, 4) is 0 Å². The first-order valence-electron chi connectivity index (χ1n) is 7.16. The fraction of sp³-hybridized carbons (Fsp3) is 0.600. The van der Waals surface area contributed by atoms with Crippen molar-refractivity contribution in [2.45, 2.75) is 31.8 Å². The molecule has 0 amide bonds. The number of nitrogens with one attached hydrogen (secondary N) is 1. The minimum atomic E-state index is -0.0663. The Labute approximate surface area is 126 Å². The van der Waals surface area contributed by atoms with Crippen LogP contribution in [-0.4, -0.2) is 36.7 Å². The van der Waals surface area contributed by atoms with E-state index in [0.29, 0.717) is 0 Å². The summed E-state index contributed by atoms with van der Waals surface area (Å²) in [5.41, 5.74) is 4.05. The molecule has 1 aromatic carbocycles. The summed E-state index contributed by atoms with van der Waals surface area (Å²) in [6.07, 6.45) is 0.994. The highest BCUT2D eigenvalue weighted by molar-refractivity contribution is 6.30. The average molecular weight is 298 g/mol. The third kappa shape index (κ3) is 3.15. The lowest BCUT2D eigenvalue weighted by molar-refractivity contribution is -0.0329. The number of hydrogen-bond acceptors (Lipinski definition) is 4. The van der Waals surface area contributed by atoms with E-state index in [1.54, 1.807) is 0 Å². The molecule has 3 N–H and O–H groups in total. The second-order valence-corrected chi connectivity index (χ2v) is 5.90. The van der Waals surface area contributed by atoms with Gasteiger partial charge in [0.1, 0.15) is 0 Å². The molecule has 1 aromatic rings. The molecule has 0 aromatic heterocycles. The lowest BCUT2D eigenvalue weighted by Crippen LogP contribution is -2.58. The van der Waals surface area contributed by atoms with Crippen LogP contribution in [0.4, 0.5) is 0 Å². The zero-order valence-corrected chi connectivity index (χ0v) is 13.0. The van der Waals surface area contributed by atoms with Crippen LogP contribution in [0.2, 0.25) is 5.02 Å². The monoisotopic (exact) mass is 297 g/mol. The molecule has 20 heavy (non-hydrogen) atoms. The molecule has 2 atom stereocenters. The number of rotatable bonds is 5. The van der Waals surface area contributed by atoms with Crippen LogP contribution in [-0.2, 0) is 4.74 Å². The molecule has 1 aliphatic rings. The summed E-state index contributed by atoms with van der Waals surface area (Å²) in [5.74, 6) is 5.87. The predicted octanol–water partition coefficient (Wildman–Crippen LogP) is 2.35. The molecule has 0 spiro atoms. The molecule has 0 saturated carbocycles. The largest absolute Gasteiger partial charge is 0.379 e. The number of ether oxygens (including phenoxy) is 1. The average Bonchev–Trinajstić information content (AvgIpc) is 2.48. The number of halogens is 1. The Kier molecular flexibility index (Phi) is 5.41. The highest BCUT2D eigenvalue weighted by Crippen LogP contribution is 2.35. The van der Waals surface area contributed by atoms with Gasteiger partial charge in [0, 0.05) is 23.7 Å². The maximum absolute atomic E-state index is 6.12. The molecule has 5 heteroatoms. The van der Waals surface area contributed by atoms with E-state index in [2.05, 4.69) is 30.2 Å². The SMILES string of the molecule is CCC(C)(C(NN)c1cccc(Cl)c1)N1CCOCC1. The molecule has 2 rings (SSSR count). The van der Waals surface area contributed by atoms with Gasteiger partial charge in [-0.15, -0.1) is 0 Å². The number of hydrogen-bond donors (Lipinski definition) is 2. The molecular formula is C15H24ClN3O. The van der Waals surface area contributed by atoms with Crippen LogP contribution in [0.5, 0.6) is 0 Å². The minimum Gasteiger partial charge on any atom is -0.379 e. The van der Waals surface area contributed by atoms with E-state index in [9.17, 15) is 0 Å². The second kappa shape index (κ2) is 6.87. The van der Waals surface area contributed by atoms with Gasteiger partial charge in [0.25, 0.3) is 0 Å². The van der Waals surface area contributed by atoms with Crippen LogP contribution in [0.3, 0.4) is 0 Å². The van der Waals surface area contributed by atoms with Gasteiger partial charge in [0.15, 0.2) is 0 Å². The van der Waals surface area contributed by atoms with Crippen molar-refractivity contribution in [3.63, 3.8) is 0 Å². The first-order chi connectivity index (χ1) is 9.61. The zero-order chi connectivity index (χ0) is 14.6. The summed E-state index contributed by atoms with van der Waals surface area (Å²) in [7, 11) is 0. The van der Waals surface area contributed by atoms with Crippen LogP contribution >= 0.6 is 11.6 Å². The summed E-state index contributed by atoms with van der Waals surface area (Å²) in [4.78, 5) is 2.46. The molecule has 1 heterocycles. The summed E-state index contributed by atoms with van der Waals surface area (Å²) in [6.45, 7) is 7.88. The lowest BCUT2D eigenvalue weighted by Gasteiger charge is -2.47. The summed E-state index contributed by atoms with van der Waals surface area (Å²) in [6, 6.07) is 7.95. The molecule has 1 aliphatic heterocycles.